The van der Waals surface area contributed by atoms with Crippen molar-refractivity contribution in [2.24, 2.45) is 5.92 Å². The number of nitrogens with one attached hydrogen (secondary N) is 2. The van der Waals surface area contributed by atoms with E-state index < -0.39 is 0 Å². The van der Waals surface area contributed by atoms with Crippen molar-refractivity contribution < 1.29 is 14.0 Å². The van der Waals surface area contributed by atoms with E-state index in [2.05, 4.69) is 10.6 Å². The second-order valence-corrected chi connectivity index (χ2v) is 6.95. The smallest absolute Gasteiger partial charge is 0.248 e. The molecule has 1 aliphatic rings. The molecule has 142 valence electrons. The van der Waals surface area contributed by atoms with Crippen LogP contribution in [0.1, 0.15) is 31.1 Å². The third kappa shape index (κ3) is 3.98. The normalized spacial score (nSPS) is 13.8. The van der Waals surface area contributed by atoms with Gasteiger partial charge in [-0.25, -0.2) is 0 Å². The SMILES string of the molecule is CCc1oc2ccccc2c1/C=C/C(=O)Nc1ccc(NC(=O)C2CC2)cc1. The number of amides is 2. The molecule has 28 heavy (non-hydrogen) atoms. The molecule has 1 saturated carbocycles. The van der Waals surface area contributed by atoms with E-state index in [9.17, 15) is 9.59 Å². The van der Waals surface area contributed by atoms with Gasteiger partial charge in [-0.2, -0.15) is 0 Å². The van der Waals surface area contributed by atoms with Gasteiger partial charge in [-0.15, -0.1) is 0 Å². The molecule has 1 aromatic heterocycles. The van der Waals surface area contributed by atoms with Crippen LogP contribution in [0, 0.1) is 5.92 Å². The molecule has 0 atom stereocenters. The van der Waals surface area contributed by atoms with Gasteiger partial charge in [-0.05, 0) is 49.2 Å². The van der Waals surface area contributed by atoms with Gasteiger partial charge in [0.15, 0.2) is 0 Å². The molecule has 2 aromatic carbocycles. The van der Waals surface area contributed by atoms with Crippen molar-refractivity contribution in [3.8, 4) is 0 Å². The molecule has 2 amide bonds. The standard InChI is InChI=1S/C23H22N2O3/c1-2-20-19(18-5-3-4-6-21(18)28-20)13-14-22(26)24-16-9-11-17(12-10-16)25-23(27)15-7-8-15/h3-6,9-15H,2,7-8H2,1H3,(H,24,26)(H,25,27)/b14-13+. The van der Waals surface area contributed by atoms with Gasteiger partial charge in [0.2, 0.25) is 11.8 Å². The first-order valence-corrected chi connectivity index (χ1v) is 9.54. The molecule has 0 spiro atoms. The summed E-state index contributed by atoms with van der Waals surface area (Å²) in [6.45, 7) is 2.03. The number of carbonyl (C=O) groups excluding carboxylic acids is 2. The Morgan fingerprint density at radius 2 is 1.71 bits per heavy atom. The van der Waals surface area contributed by atoms with Crippen LogP contribution in [0.5, 0.6) is 0 Å². The van der Waals surface area contributed by atoms with Gasteiger partial charge in [-0.3, -0.25) is 9.59 Å². The maximum atomic E-state index is 12.3. The van der Waals surface area contributed by atoms with E-state index in [1.54, 1.807) is 30.3 Å². The number of rotatable bonds is 6. The van der Waals surface area contributed by atoms with Crippen LogP contribution < -0.4 is 10.6 Å². The lowest BCUT2D eigenvalue weighted by atomic mass is 10.1. The summed E-state index contributed by atoms with van der Waals surface area (Å²) in [5.41, 5.74) is 3.17. The van der Waals surface area contributed by atoms with Gasteiger partial charge >= 0.3 is 0 Å². The Morgan fingerprint density at radius 1 is 1.04 bits per heavy atom. The van der Waals surface area contributed by atoms with Crippen molar-refractivity contribution in [3.63, 3.8) is 0 Å². The summed E-state index contributed by atoms with van der Waals surface area (Å²) >= 11 is 0. The fourth-order valence-corrected chi connectivity index (χ4v) is 3.13. The first-order valence-electron chi connectivity index (χ1n) is 9.54. The third-order valence-corrected chi connectivity index (χ3v) is 4.80. The second-order valence-electron chi connectivity index (χ2n) is 6.95. The molecule has 1 aliphatic carbocycles. The molecule has 5 nitrogen and oxygen atoms in total. The highest BCUT2D eigenvalue weighted by Gasteiger charge is 2.29. The highest BCUT2D eigenvalue weighted by Crippen LogP contribution is 2.30. The van der Waals surface area contributed by atoms with Crippen molar-refractivity contribution in [1.29, 1.82) is 0 Å². The molecule has 5 heteroatoms. The molecule has 2 N–H and O–H groups in total. The van der Waals surface area contributed by atoms with Crippen molar-refractivity contribution in [2.45, 2.75) is 26.2 Å². The predicted molar refractivity (Wildman–Crippen MR) is 111 cm³/mol. The zero-order chi connectivity index (χ0) is 19.5. The van der Waals surface area contributed by atoms with Crippen LogP contribution in [0.15, 0.2) is 59.0 Å². The first kappa shape index (κ1) is 18.0. The molecular weight excluding hydrogens is 352 g/mol. The maximum Gasteiger partial charge on any atom is 0.248 e. The van der Waals surface area contributed by atoms with Gasteiger partial charge in [0.05, 0.1) is 0 Å². The molecule has 0 aliphatic heterocycles. The lowest BCUT2D eigenvalue weighted by Crippen LogP contribution is -2.13. The van der Waals surface area contributed by atoms with Crippen LogP contribution in [0.3, 0.4) is 0 Å². The summed E-state index contributed by atoms with van der Waals surface area (Å²) in [5, 5.41) is 6.72. The van der Waals surface area contributed by atoms with E-state index in [0.29, 0.717) is 5.69 Å². The summed E-state index contributed by atoms with van der Waals surface area (Å²) < 4.78 is 5.85. The quantitative estimate of drug-likeness (QED) is 0.597. The monoisotopic (exact) mass is 374 g/mol. The number of hydrogen-bond donors (Lipinski definition) is 2. The molecule has 0 bridgehead atoms. The molecular formula is C23H22N2O3. The number of aryl methyl sites for hydroxylation is 1. The maximum absolute atomic E-state index is 12.3. The Bertz CT molecular complexity index is 1040. The van der Waals surface area contributed by atoms with Gasteiger partial charge in [0.1, 0.15) is 11.3 Å². The van der Waals surface area contributed by atoms with E-state index in [1.165, 1.54) is 6.08 Å². The second kappa shape index (κ2) is 7.72. The van der Waals surface area contributed by atoms with E-state index in [0.717, 1.165) is 47.2 Å². The van der Waals surface area contributed by atoms with Crippen molar-refractivity contribution in [1.82, 2.24) is 0 Å². The third-order valence-electron chi connectivity index (χ3n) is 4.80. The van der Waals surface area contributed by atoms with Crippen molar-refractivity contribution >= 4 is 40.2 Å². The van der Waals surface area contributed by atoms with E-state index in [1.807, 2.05) is 31.2 Å². The summed E-state index contributed by atoms with van der Waals surface area (Å²) in [5.74, 6) is 0.874. The lowest BCUT2D eigenvalue weighted by Gasteiger charge is -2.06. The summed E-state index contributed by atoms with van der Waals surface area (Å²) in [7, 11) is 0. The molecule has 0 unspecified atom stereocenters. The molecule has 1 heterocycles. The number of hydrogen-bond acceptors (Lipinski definition) is 3. The number of anilines is 2. The Labute approximate surface area is 163 Å². The predicted octanol–water partition coefficient (Wildman–Crippen LogP) is 5.00. The highest BCUT2D eigenvalue weighted by atomic mass is 16.3. The first-order chi connectivity index (χ1) is 13.6. The fraction of sp³-hybridized carbons (Fsp3) is 0.217. The van der Waals surface area contributed by atoms with Crippen LogP contribution in [0.4, 0.5) is 11.4 Å². The molecule has 0 radical (unpaired) electrons. The van der Waals surface area contributed by atoms with Crippen molar-refractivity contribution in [2.75, 3.05) is 10.6 Å². The number of fused-ring (bicyclic) bond motifs is 1. The summed E-state index contributed by atoms with van der Waals surface area (Å²) in [6.07, 6.45) is 6.00. The molecule has 0 saturated heterocycles. The van der Waals surface area contributed by atoms with Crippen LogP contribution >= 0.6 is 0 Å². The van der Waals surface area contributed by atoms with Gasteiger partial charge in [0.25, 0.3) is 0 Å². The minimum Gasteiger partial charge on any atom is -0.460 e. The Hall–Kier alpha value is -3.34. The number of carbonyl (C=O) groups is 2. The molecule has 4 rings (SSSR count). The summed E-state index contributed by atoms with van der Waals surface area (Å²) in [4.78, 5) is 24.1. The van der Waals surface area contributed by atoms with Crippen LogP contribution in [-0.4, -0.2) is 11.8 Å². The number of benzene rings is 2. The van der Waals surface area contributed by atoms with Gasteiger partial charge < -0.3 is 15.1 Å². The topological polar surface area (TPSA) is 71.3 Å². The lowest BCUT2D eigenvalue weighted by molar-refractivity contribution is -0.117. The van der Waals surface area contributed by atoms with Crippen LogP contribution in [0.25, 0.3) is 17.0 Å². The number of furan rings is 1. The van der Waals surface area contributed by atoms with Gasteiger partial charge in [-0.1, -0.05) is 25.1 Å². The summed E-state index contributed by atoms with van der Waals surface area (Å²) in [6, 6.07) is 14.9. The fourth-order valence-electron chi connectivity index (χ4n) is 3.13. The van der Waals surface area contributed by atoms with Crippen LogP contribution in [0.2, 0.25) is 0 Å². The largest absolute Gasteiger partial charge is 0.460 e. The Kier molecular flexibility index (Phi) is 4.98. The van der Waals surface area contributed by atoms with E-state index in [-0.39, 0.29) is 17.7 Å². The highest BCUT2D eigenvalue weighted by molar-refractivity contribution is 6.03. The zero-order valence-corrected chi connectivity index (χ0v) is 15.7. The average Bonchev–Trinajstić information content (AvgIpc) is 3.49. The van der Waals surface area contributed by atoms with E-state index >= 15 is 0 Å². The van der Waals surface area contributed by atoms with Gasteiger partial charge in [0, 0.05) is 40.7 Å². The minimum absolute atomic E-state index is 0.0683. The Balaban J connectivity index is 1.42. The number of para-hydroxylation sites is 1. The molecule has 3 aromatic rings. The minimum atomic E-state index is -0.220. The average molecular weight is 374 g/mol. The van der Waals surface area contributed by atoms with Crippen molar-refractivity contribution in [3.05, 3.63) is 65.9 Å². The molecule has 1 fully saturated rings. The zero-order valence-electron chi connectivity index (χ0n) is 15.7. The Morgan fingerprint density at radius 3 is 2.39 bits per heavy atom. The van der Waals surface area contributed by atoms with E-state index in [4.69, 9.17) is 4.42 Å². The van der Waals surface area contributed by atoms with Crippen LogP contribution in [-0.2, 0) is 16.0 Å².